The summed E-state index contributed by atoms with van der Waals surface area (Å²) in [4.78, 5) is 3.52. The molecule has 0 atom stereocenters. The van der Waals surface area contributed by atoms with Gasteiger partial charge in [-0.25, -0.2) is 4.39 Å². The van der Waals surface area contributed by atoms with E-state index in [0.29, 0.717) is 0 Å². The van der Waals surface area contributed by atoms with E-state index in [-0.39, 0.29) is 17.1 Å². The zero-order chi connectivity index (χ0) is 13.3. The Balaban J connectivity index is 2.32. The van der Waals surface area contributed by atoms with Crippen molar-refractivity contribution in [2.24, 2.45) is 0 Å². The van der Waals surface area contributed by atoms with Crippen molar-refractivity contribution in [1.82, 2.24) is 10.1 Å². The maximum Gasteiger partial charge on any atom is 0.396 e. The molecule has 0 saturated carbocycles. The second-order valence-corrected chi connectivity index (χ2v) is 3.54. The summed E-state index contributed by atoms with van der Waals surface area (Å²) in [5.74, 6) is -1.37. The van der Waals surface area contributed by atoms with Gasteiger partial charge >= 0.3 is 6.18 Å². The summed E-state index contributed by atoms with van der Waals surface area (Å²) in [5, 5.41) is 3.16. The van der Waals surface area contributed by atoms with Crippen LogP contribution in [-0.2, 0) is 6.42 Å². The van der Waals surface area contributed by atoms with Crippen LogP contribution < -0.4 is 5.73 Å². The first-order chi connectivity index (χ1) is 8.35. The monoisotopic (exact) mass is 261 g/mol. The number of hydrogen-bond acceptors (Lipinski definition) is 4. The molecular weight excluding hydrogens is 254 g/mol. The first kappa shape index (κ1) is 12.3. The Labute approximate surface area is 98.4 Å². The Bertz CT molecular complexity index is 564. The predicted molar refractivity (Wildman–Crippen MR) is 53.9 cm³/mol. The van der Waals surface area contributed by atoms with Gasteiger partial charge in [0.25, 0.3) is 5.89 Å². The Morgan fingerprint density at radius 1 is 1.28 bits per heavy atom. The molecule has 0 radical (unpaired) electrons. The Morgan fingerprint density at radius 2 is 2.00 bits per heavy atom. The van der Waals surface area contributed by atoms with Gasteiger partial charge in [0.2, 0.25) is 0 Å². The number of hydrogen-bond donors (Lipinski definition) is 1. The van der Waals surface area contributed by atoms with E-state index in [9.17, 15) is 17.6 Å². The zero-order valence-electron chi connectivity index (χ0n) is 8.83. The molecule has 1 heterocycles. The van der Waals surface area contributed by atoms with E-state index < -0.39 is 24.2 Å². The summed E-state index contributed by atoms with van der Waals surface area (Å²) < 4.78 is 53.9. The van der Waals surface area contributed by atoms with Gasteiger partial charge < -0.3 is 10.3 Å². The lowest BCUT2D eigenvalue weighted by atomic mass is 10.2. The summed E-state index contributed by atoms with van der Waals surface area (Å²) in [6, 6.07) is 3.39. The highest BCUT2D eigenvalue weighted by atomic mass is 19.4. The van der Waals surface area contributed by atoms with Gasteiger partial charge in [-0.15, -0.1) is 0 Å². The summed E-state index contributed by atoms with van der Waals surface area (Å²) in [6.45, 7) is 0. The number of anilines is 1. The normalized spacial score (nSPS) is 11.8. The van der Waals surface area contributed by atoms with E-state index in [1.54, 1.807) is 0 Å². The molecule has 0 aliphatic heterocycles. The van der Waals surface area contributed by atoms with E-state index in [1.165, 1.54) is 6.07 Å². The van der Waals surface area contributed by atoms with Gasteiger partial charge in [-0.1, -0.05) is 5.16 Å². The highest BCUT2D eigenvalue weighted by molar-refractivity contribution is 5.70. The van der Waals surface area contributed by atoms with Crippen LogP contribution in [0.4, 0.5) is 23.2 Å². The van der Waals surface area contributed by atoms with Crippen molar-refractivity contribution in [2.45, 2.75) is 12.6 Å². The third kappa shape index (κ3) is 2.76. The second-order valence-electron chi connectivity index (χ2n) is 3.54. The number of halogens is 4. The van der Waals surface area contributed by atoms with E-state index in [4.69, 9.17) is 5.73 Å². The molecule has 1 aromatic heterocycles. The highest BCUT2D eigenvalue weighted by Gasteiger charge is 2.30. The molecule has 0 unspecified atom stereocenters. The van der Waals surface area contributed by atoms with Gasteiger partial charge in [0.1, 0.15) is 12.2 Å². The molecule has 0 amide bonds. The lowest BCUT2D eigenvalue weighted by molar-refractivity contribution is -0.128. The van der Waals surface area contributed by atoms with Crippen molar-refractivity contribution in [3.8, 4) is 11.5 Å². The van der Waals surface area contributed by atoms with Gasteiger partial charge in [0.15, 0.2) is 5.82 Å². The van der Waals surface area contributed by atoms with E-state index in [2.05, 4.69) is 14.7 Å². The lowest BCUT2D eigenvalue weighted by Crippen LogP contribution is -2.12. The molecule has 1 aromatic carbocycles. The summed E-state index contributed by atoms with van der Waals surface area (Å²) in [7, 11) is 0. The maximum atomic E-state index is 13.0. The summed E-state index contributed by atoms with van der Waals surface area (Å²) in [5.41, 5.74) is 5.74. The molecular formula is C10H7F4N3O. The van der Waals surface area contributed by atoms with Crippen LogP contribution in [0.25, 0.3) is 11.5 Å². The average molecular weight is 261 g/mol. The van der Waals surface area contributed by atoms with Crippen molar-refractivity contribution in [3.63, 3.8) is 0 Å². The predicted octanol–water partition coefficient (Wildman–Crippen LogP) is 2.56. The molecule has 18 heavy (non-hydrogen) atoms. The number of aromatic nitrogens is 2. The quantitative estimate of drug-likeness (QED) is 0.666. The Hall–Kier alpha value is -2.12. The number of benzene rings is 1. The molecule has 8 heteroatoms. The largest absolute Gasteiger partial charge is 0.398 e. The maximum absolute atomic E-state index is 13.0. The van der Waals surface area contributed by atoms with Gasteiger partial charge in [0.05, 0.1) is 5.56 Å². The van der Waals surface area contributed by atoms with E-state index in [0.717, 1.165) is 12.1 Å². The molecule has 96 valence electrons. The Morgan fingerprint density at radius 3 is 2.67 bits per heavy atom. The third-order valence-electron chi connectivity index (χ3n) is 2.07. The van der Waals surface area contributed by atoms with Crippen molar-refractivity contribution < 1.29 is 22.1 Å². The van der Waals surface area contributed by atoms with Crippen LogP contribution in [0.15, 0.2) is 22.7 Å². The van der Waals surface area contributed by atoms with Crippen LogP contribution in [0.5, 0.6) is 0 Å². The molecule has 4 nitrogen and oxygen atoms in total. The number of alkyl halides is 3. The minimum Gasteiger partial charge on any atom is -0.398 e. The van der Waals surface area contributed by atoms with Crippen molar-refractivity contribution >= 4 is 5.69 Å². The third-order valence-corrected chi connectivity index (χ3v) is 2.07. The Kier molecular flexibility index (Phi) is 2.93. The van der Waals surface area contributed by atoms with Crippen LogP contribution in [0.3, 0.4) is 0 Å². The second kappa shape index (κ2) is 4.28. The van der Waals surface area contributed by atoms with E-state index >= 15 is 0 Å². The number of nitrogen functional groups attached to an aromatic ring is 1. The zero-order valence-corrected chi connectivity index (χ0v) is 8.83. The molecule has 0 aliphatic rings. The van der Waals surface area contributed by atoms with Crippen LogP contribution in [0.2, 0.25) is 0 Å². The number of nitrogens with two attached hydrogens (primary N) is 1. The number of rotatable bonds is 2. The molecule has 0 spiro atoms. The fourth-order valence-electron chi connectivity index (χ4n) is 1.33. The molecule has 2 aromatic rings. The van der Waals surface area contributed by atoms with Crippen molar-refractivity contribution in [1.29, 1.82) is 0 Å². The first-order valence-electron chi connectivity index (χ1n) is 4.80. The topological polar surface area (TPSA) is 64.9 Å². The molecule has 2 rings (SSSR count). The van der Waals surface area contributed by atoms with Crippen molar-refractivity contribution in [2.75, 3.05) is 5.73 Å². The van der Waals surface area contributed by atoms with E-state index in [1.807, 2.05) is 0 Å². The summed E-state index contributed by atoms with van der Waals surface area (Å²) in [6.07, 6.45) is -5.75. The van der Waals surface area contributed by atoms with Gasteiger partial charge in [-0.05, 0) is 18.2 Å². The molecule has 2 N–H and O–H groups in total. The van der Waals surface area contributed by atoms with Gasteiger partial charge in [-0.3, -0.25) is 0 Å². The average Bonchev–Trinajstić information content (AvgIpc) is 2.67. The highest BCUT2D eigenvalue weighted by Crippen LogP contribution is 2.26. The van der Waals surface area contributed by atoms with Crippen LogP contribution in [0, 0.1) is 5.82 Å². The molecule has 0 bridgehead atoms. The minimum atomic E-state index is -4.44. The minimum absolute atomic E-state index is 0.0657. The van der Waals surface area contributed by atoms with Crippen LogP contribution in [0.1, 0.15) is 5.82 Å². The fourth-order valence-corrected chi connectivity index (χ4v) is 1.33. The van der Waals surface area contributed by atoms with Crippen LogP contribution in [-0.4, -0.2) is 16.3 Å². The molecule has 0 fully saturated rings. The first-order valence-corrected chi connectivity index (χ1v) is 4.80. The SMILES string of the molecule is Nc1ccc(F)cc1-c1nc(CC(F)(F)F)no1. The van der Waals surface area contributed by atoms with Crippen molar-refractivity contribution in [3.05, 3.63) is 29.8 Å². The molecule has 0 saturated heterocycles. The smallest absolute Gasteiger partial charge is 0.396 e. The summed E-state index contributed by atoms with van der Waals surface area (Å²) >= 11 is 0. The standard InChI is InChI=1S/C10H7F4N3O/c11-5-1-2-7(15)6(3-5)9-16-8(17-18-9)4-10(12,13)14/h1-3H,4,15H2. The number of nitrogens with zero attached hydrogens (tertiary/aromatic N) is 2. The van der Waals surface area contributed by atoms with Gasteiger partial charge in [0, 0.05) is 5.69 Å². The fraction of sp³-hybridized carbons (Fsp3) is 0.200. The van der Waals surface area contributed by atoms with Crippen LogP contribution >= 0.6 is 0 Å². The lowest BCUT2D eigenvalue weighted by Gasteiger charge is -2.00. The molecule has 0 aliphatic carbocycles. The van der Waals surface area contributed by atoms with Gasteiger partial charge in [-0.2, -0.15) is 18.2 Å².